The predicted octanol–water partition coefficient (Wildman–Crippen LogP) is 5.59. The number of aryl methyl sites for hydroxylation is 1. The van der Waals surface area contributed by atoms with Crippen molar-refractivity contribution in [2.24, 2.45) is 0 Å². The van der Waals surface area contributed by atoms with E-state index in [0.717, 1.165) is 40.3 Å². The molecule has 26 heavy (non-hydrogen) atoms. The van der Waals surface area contributed by atoms with Crippen molar-refractivity contribution < 1.29 is 0 Å². The average Bonchev–Trinajstić information content (AvgIpc) is 2.63. The van der Waals surface area contributed by atoms with Crippen LogP contribution in [0.15, 0.2) is 48.5 Å². The molecule has 130 valence electrons. The van der Waals surface area contributed by atoms with E-state index >= 15 is 0 Å². The minimum absolute atomic E-state index is 0.631. The number of hydrogen-bond acceptors (Lipinski definition) is 3. The first-order valence-corrected chi connectivity index (χ1v) is 8.91. The molecule has 1 N–H and O–H groups in total. The van der Waals surface area contributed by atoms with Crippen LogP contribution in [-0.4, -0.2) is 9.97 Å². The molecule has 0 saturated carbocycles. The van der Waals surface area contributed by atoms with Crippen LogP contribution in [0.5, 0.6) is 0 Å². The molecule has 3 rings (SSSR count). The van der Waals surface area contributed by atoms with Gasteiger partial charge in [-0.25, -0.2) is 9.97 Å². The first-order valence-electron chi connectivity index (χ1n) is 8.53. The van der Waals surface area contributed by atoms with E-state index < -0.39 is 0 Å². The van der Waals surface area contributed by atoms with Gasteiger partial charge in [-0.05, 0) is 43.2 Å². The molecular formula is C22H20ClN3. The number of anilines is 2. The quantitative estimate of drug-likeness (QED) is 0.602. The van der Waals surface area contributed by atoms with Gasteiger partial charge in [0.15, 0.2) is 5.82 Å². The molecule has 0 aliphatic heterocycles. The number of halogens is 1. The molecule has 0 amide bonds. The molecule has 0 saturated heterocycles. The van der Waals surface area contributed by atoms with Crippen LogP contribution in [0, 0.1) is 19.3 Å². The maximum atomic E-state index is 6.12. The lowest BCUT2D eigenvalue weighted by Crippen LogP contribution is -2.05. The molecule has 1 aromatic heterocycles. The molecule has 0 bridgehead atoms. The molecule has 1 heterocycles. The Balaban J connectivity index is 1.98. The Bertz CT molecular complexity index is 956. The summed E-state index contributed by atoms with van der Waals surface area (Å²) in [7, 11) is 0. The van der Waals surface area contributed by atoms with Gasteiger partial charge in [0.2, 0.25) is 0 Å². The molecule has 0 fully saturated rings. The van der Waals surface area contributed by atoms with Gasteiger partial charge in [-0.15, -0.1) is 12.3 Å². The van der Waals surface area contributed by atoms with Gasteiger partial charge in [0.25, 0.3) is 0 Å². The summed E-state index contributed by atoms with van der Waals surface area (Å²) in [5, 5.41) is 4.09. The molecule has 0 unspecified atom stereocenters. The van der Waals surface area contributed by atoms with Crippen LogP contribution in [0.25, 0.3) is 11.4 Å². The van der Waals surface area contributed by atoms with Crippen molar-refractivity contribution in [2.45, 2.75) is 26.7 Å². The fourth-order valence-electron chi connectivity index (χ4n) is 2.84. The zero-order valence-electron chi connectivity index (χ0n) is 14.9. The Morgan fingerprint density at radius 2 is 1.88 bits per heavy atom. The highest BCUT2D eigenvalue weighted by Gasteiger charge is 2.12. The monoisotopic (exact) mass is 361 g/mol. The average molecular weight is 362 g/mol. The lowest BCUT2D eigenvalue weighted by molar-refractivity contribution is 1.01. The number of rotatable bonds is 5. The zero-order chi connectivity index (χ0) is 18.5. The highest BCUT2D eigenvalue weighted by Crippen LogP contribution is 2.27. The van der Waals surface area contributed by atoms with Crippen LogP contribution < -0.4 is 5.32 Å². The maximum absolute atomic E-state index is 6.12. The standard InChI is InChI=1S/C22H20ClN3/c1-4-7-16-10-12-19(13-11-16)25-22-20(5-2)15(3)24-21(26-22)17-8-6-9-18(23)14-17/h1,6,8-14H,5,7H2,2-3H3,(H,24,25,26). The summed E-state index contributed by atoms with van der Waals surface area (Å²) in [5.74, 6) is 4.14. The van der Waals surface area contributed by atoms with Crippen LogP contribution in [-0.2, 0) is 12.8 Å². The summed E-state index contributed by atoms with van der Waals surface area (Å²) in [6, 6.07) is 15.7. The van der Waals surface area contributed by atoms with E-state index in [4.69, 9.17) is 23.0 Å². The second-order valence-corrected chi connectivity index (χ2v) is 6.46. The van der Waals surface area contributed by atoms with Crippen molar-refractivity contribution in [3.63, 3.8) is 0 Å². The molecule has 0 atom stereocenters. The number of nitrogens with one attached hydrogen (secondary N) is 1. The van der Waals surface area contributed by atoms with E-state index in [2.05, 4.69) is 23.1 Å². The summed E-state index contributed by atoms with van der Waals surface area (Å²) in [6.45, 7) is 4.11. The molecule has 3 aromatic rings. The summed E-state index contributed by atoms with van der Waals surface area (Å²) in [4.78, 5) is 9.42. The lowest BCUT2D eigenvalue weighted by Gasteiger charge is -2.14. The number of benzene rings is 2. The predicted molar refractivity (Wildman–Crippen MR) is 109 cm³/mol. The van der Waals surface area contributed by atoms with Crippen LogP contribution in [0.1, 0.15) is 23.7 Å². The molecule has 0 spiro atoms. The SMILES string of the molecule is C#CCc1ccc(Nc2nc(-c3cccc(Cl)c3)nc(C)c2CC)cc1. The number of hydrogen-bond donors (Lipinski definition) is 1. The largest absolute Gasteiger partial charge is 0.340 e. The van der Waals surface area contributed by atoms with E-state index in [1.165, 1.54) is 0 Å². The smallest absolute Gasteiger partial charge is 0.161 e. The van der Waals surface area contributed by atoms with Crippen molar-refractivity contribution in [3.05, 3.63) is 70.4 Å². The summed E-state index contributed by atoms with van der Waals surface area (Å²) < 4.78 is 0. The van der Waals surface area contributed by atoms with Crippen molar-refractivity contribution in [2.75, 3.05) is 5.32 Å². The third-order valence-corrected chi connectivity index (χ3v) is 4.41. The molecule has 0 radical (unpaired) electrons. The highest BCUT2D eigenvalue weighted by atomic mass is 35.5. The highest BCUT2D eigenvalue weighted by molar-refractivity contribution is 6.30. The second-order valence-electron chi connectivity index (χ2n) is 6.03. The van der Waals surface area contributed by atoms with E-state index in [1.807, 2.05) is 55.5 Å². The van der Waals surface area contributed by atoms with Gasteiger partial charge < -0.3 is 5.32 Å². The number of terminal acetylenes is 1. The van der Waals surface area contributed by atoms with Crippen LogP contribution in [0.4, 0.5) is 11.5 Å². The van der Waals surface area contributed by atoms with Gasteiger partial charge >= 0.3 is 0 Å². The van der Waals surface area contributed by atoms with E-state index in [1.54, 1.807) is 0 Å². The minimum Gasteiger partial charge on any atom is -0.340 e. The Morgan fingerprint density at radius 1 is 1.12 bits per heavy atom. The topological polar surface area (TPSA) is 37.8 Å². The van der Waals surface area contributed by atoms with Crippen molar-refractivity contribution in [1.29, 1.82) is 0 Å². The summed E-state index contributed by atoms with van der Waals surface area (Å²) >= 11 is 6.12. The zero-order valence-corrected chi connectivity index (χ0v) is 15.6. The molecule has 3 nitrogen and oxygen atoms in total. The maximum Gasteiger partial charge on any atom is 0.161 e. The van der Waals surface area contributed by atoms with Gasteiger partial charge in [0.05, 0.1) is 0 Å². The lowest BCUT2D eigenvalue weighted by atomic mass is 10.1. The van der Waals surface area contributed by atoms with Crippen LogP contribution in [0.3, 0.4) is 0 Å². The van der Waals surface area contributed by atoms with Crippen LogP contribution >= 0.6 is 11.6 Å². The summed E-state index contributed by atoms with van der Waals surface area (Å²) in [5.41, 5.74) is 5.05. The molecule has 0 aliphatic rings. The summed E-state index contributed by atoms with van der Waals surface area (Å²) in [6.07, 6.45) is 6.84. The molecule has 2 aromatic carbocycles. The third kappa shape index (κ3) is 4.04. The van der Waals surface area contributed by atoms with Crippen molar-refractivity contribution in [3.8, 4) is 23.7 Å². The van der Waals surface area contributed by atoms with Crippen LogP contribution in [0.2, 0.25) is 5.02 Å². The number of aromatic nitrogens is 2. The van der Waals surface area contributed by atoms with Gasteiger partial charge in [0, 0.05) is 34.0 Å². The number of nitrogens with zero attached hydrogens (tertiary/aromatic N) is 2. The molecule has 4 heteroatoms. The van der Waals surface area contributed by atoms with Crippen molar-refractivity contribution >= 4 is 23.1 Å². The molecular weight excluding hydrogens is 342 g/mol. The van der Waals surface area contributed by atoms with E-state index in [-0.39, 0.29) is 0 Å². The fourth-order valence-corrected chi connectivity index (χ4v) is 3.03. The van der Waals surface area contributed by atoms with Gasteiger partial charge in [-0.3, -0.25) is 0 Å². The molecule has 0 aliphatic carbocycles. The van der Waals surface area contributed by atoms with Crippen molar-refractivity contribution in [1.82, 2.24) is 9.97 Å². The normalized spacial score (nSPS) is 10.4. The fraction of sp³-hybridized carbons (Fsp3) is 0.182. The minimum atomic E-state index is 0.631. The Morgan fingerprint density at radius 3 is 2.54 bits per heavy atom. The first-order chi connectivity index (χ1) is 12.6. The van der Waals surface area contributed by atoms with Gasteiger partial charge in [-0.1, -0.05) is 42.8 Å². The van der Waals surface area contributed by atoms with Gasteiger partial charge in [-0.2, -0.15) is 0 Å². The first kappa shape index (κ1) is 18.0. The Hall–Kier alpha value is -2.83. The Labute approximate surface area is 159 Å². The van der Waals surface area contributed by atoms with Gasteiger partial charge in [0.1, 0.15) is 5.82 Å². The third-order valence-electron chi connectivity index (χ3n) is 4.17. The Kier molecular flexibility index (Phi) is 5.55. The van der Waals surface area contributed by atoms with E-state index in [9.17, 15) is 0 Å². The van der Waals surface area contributed by atoms with E-state index in [0.29, 0.717) is 17.3 Å². The second kappa shape index (κ2) is 8.03.